The number of benzene rings is 2. The zero-order chi connectivity index (χ0) is 54.4. The van der Waals surface area contributed by atoms with Gasteiger partial charge in [-0.3, -0.25) is 19.9 Å². The number of nitrogens with one attached hydrogen (secondary N) is 4. The fourth-order valence-corrected chi connectivity index (χ4v) is 9.39. The van der Waals surface area contributed by atoms with E-state index >= 15 is 8.78 Å². The Labute approximate surface area is 430 Å². The van der Waals surface area contributed by atoms with Crippen molar-refractivity contribution in [1.29, 1.82) is 0 Å². The van der Waals surface area contributed by atoms with Gasteiger partial charge in [0.05, 0.1) is 43.9 Å². The lowest BCUT2D eigenvalue weighted by atomic mass is 9.82. The molecule has 3 fully saturated rings. The van der Waals surface area contributed by atoms with Crippen molar-refractivity contribution >= 4 is 29.8 Å². The van der Waals surface area contributed by atoms with E-state index in [2.05, 4.69) is 52.4 Å². The van der Waals surface area contributed by atoms with E-state index in [0.717, 1.165) is 69.2 Å². The standard InChI is InChI=1S/C52H61F5N10O8/c1-50(2,3)43(62-48(71)72)47(70)64-66(26-37-38(53)21-33(22-39(37)54)45-58-18-7-19-59-45)27-41(68)40(61-46(69)44(63-49(73)74-6)51(4,5)52(55,56)57)20-31-11-8-30(9-12-31)10-13-32-14-17-42(60-23-32)65-24-34-15-16-35(25-65)67(34)36-28-75-29-36/h7-9,11-12,14,17-19,21-23,34-36,40-41,43-44,62,68H,15-16,20,24-29H2,1-6H3,(H,61,69)(H,63,73)(H,64,70)(H,71,72)/t34?,35?,40-,41-,43+,44+/m0/s1. The van der Waals surface area contributed by atoms with Gasteiger partial charge in [0.2, 0.25) is 5.91 Å². The van der Waals surface area contributed by atoms with Crippen LogP contribution >= 0.6 is 0 Å². The summed E-state index contributed by atoms with van der Waals surface area (Å²) < 4.78 is 85.5. The Bertz CT molecular complexity index is 2700. The first-order valence-electron chi connectivity index (χ1n) is 24.3. The van der Waals surface area contributed by atoms with Crippen LogP contribution in [0.3, 0.4) is 0 Å². The highest BCUT2D eigenvalue weighted by molar-refractivity contribution is 5.87. The van der Waals surface area contributed by atoms with Crippen LogP contribution < -0.4 is 26.3 Å². The van der Waals surface area contributed by atoms with Crippen LogP contribution in [0.1, 0.15) is 69.7 Å². The molecule has 0 spiro atoms. The lowest BCUT2D eigenvalue weighted by Crippen LogP contribution is -2.63. The number of fused-ring (bicyclic) bond motifs is 2. The molecule has 6 atom stereocenters. The summed E-state index contributed by atoms with van der Waals surface area (Å²) >= 11 is 0. The van der Waals surface area contributed by atoms with Gasteiger partial charge in [-0.1, -0.05) is 44.7 Å². The van der Waals surface area contributed by atoms with Crippen LogP contribution in [-0.4, -0.2) is 148 Å². The number of hydrogen-bond donors (Lipinski definition) is 6. The number of pyridine rings is 1. The number of anilines is 1. The second-order valence-electron chi connectivity index (χ2n) is 20.6. The van der Waals surface area contributed by atoms with Gasteiger partial charge in [-0.2, -0.15) is 13.2 Å². The molecular formula is C52H61F5N10O8. The number of halogens is 5. The molecule has 4 aromatic rings. The Kier molecular flexibility index (Phi) is 17.3. The average molecular weight is 1050 g/mol. The Balaban J connectivity index is 1.15. The van der Waals surface area contributed by atoms with E-state index in [-0.39, 0.29) is 17.8 Å². The molecule has 5 heterocycles. The van der Waals surface area contributed by atoms with Crippen LogP contribution in [0.2, 0.25) is 0 Å². The second-order valence-corrected chi connectivity index (χ2v) is 20.6. The molecule has 7 rings (SSSR count). The summed E-state index contributed by atoms with van der Waals surface area (Å²) in [6.45, 7) is 7.77. The lowest BCUT2D eigenvalue weighted by Gasteiger charge is -2.47. The largest absolute Gasteiger partial charge is 0.465 e. The molecule has 3 aliphatic heterocycles. The van der Waals surface area contributed by atoms with Gasteiger partial charge in [-0.05, 0) is 86.6 Å². The molecule has 3 saturated heterocycles. The van der Waals surface area contributed by atoms with Crippen molar-refractivity contribution in [3.05, 3.63) is 107 Å². The number of nitrogens with zero attached hydrogens (tertiary/aromatic N) is 6. The number of alkyl carbamates (subject to hydrolysis) is 1. The number of piperazine rings is 1. The maximum atomic E-state index is 15.9. The summed E-state index contributed by atoms with van der Waals surface area (Å²) in [5, 5.41) is 29.1. The Morgan fingerprint density at radius 1 is 0.840 bits per heavy atom. The van der Waals surface area contributed by atoms with E-state index in [1.807, 2.05) is 17.4 Å². The highest BCUT2D eigenvalue weighted by Gasteiger charge is 2.56. The normalized spacial score (nSPS) is 18.7. The van der Waals surface area contributed by atoms with E-state index in [0.29, 0.717) is 48.7 Å². The molecule has 2 aromatic heterocycles. The molecule has 18 nitrogen and oxygen atoms in total. The van der Waals surface area contributed by atoms with Crippen LogP contribution in [0.15, 0.2) is 73.2 Å². The molecule has 4 amide bonds. The summed E-state index contributed by atoms with van der Waals surface area (Å²) in [6.07, 6.45) is -3.44. The van der Waals surface area contributed by atoms with Crippen LogP contribution in [-0.2, 0) is 32.0 Å². The smallest absolute Gasteiger partial charge is 0.407 e. The number of hydrogen-bond acceptors (Lipinski definition) is 13. The summed E-state index contributed by atoms with van der Waals surface area (Å²) in [7, 11) is 0.893. The van der Waals surface area contributed by atoms with Crippen LogP contribution in [0.25, 0.3) is 11.4 Å². The monoisotopic (exact) mass is 1050 g/mol. The maximum absolute atomic E-state index is 15.9. The number of aromatic nitrogens is 3. The van der Waals surface area contributed by atoms with Gasteiger partial charge in [0.1, 0.15) is 29.5 Å². The molecular weight excluding hydrogens is 988 g/mol. The zero-order valence-electron chi connectivity index (χ0n) is 42.3. The van der Waals surface area contributed by atoms with Crippen LogP contribution in [0, 0.1) is 34.3 Å². The highest BCUT2D eigenvalue weighted by Crippen LogP contribution is 2.41. The molecule has 0 radical (unpaired) electrons. The average Bonchev–Trinajstić information content (AvgIpc) is 3.57. The molecule has 402 valence electrons. The number of amides is 4. The first kappa shape index (κ1) is 55.7. The van der Waals surface area contributed by atoms with E-state index in [4.69, 9.17) is 9.72 Å². The van der Waals surface area contributed by atoms with Gasteiger partial charge in [-0.15, -0.1) is 0 Å². The molecule has 3 aliphatic rings. The second kappa shape index (κ2) is 23.3. The number of carbonyl (C=O) groups is 4. The van der Waals surface area contributed by atoms with Crippen molar-refractivity contribution in [2.24, 2.45) is 10.8 Å². The Morgan fingerprint density at radius 2 is 1.45 bits per heavy atom. The maximum Gasteiger partial charge on any atom is 0.407 e. The Morgan fingerprint density at radius 3 is 1.99 bits per heavy atom. The summed E-state index contributed by atoms with van der Waals surface area (Å²) in [6, 6.07) is 9.83. The molecule has 23 heteroatoms. The third-order valence-corrected chi connectivity index (χ3v) is 13.8. The van der Waals surface area contributed by atoms with E-state index < -0.39 is 95.5 Å². The fourth-order valence-electron chi connectivity index (χ4n) is 9.39. The minimum absolute atomic E-state index is 0.00320. The molecule has 2 aromatic carbocycles. The third kappa shape index (κ3) is 13.7. The number of ether oxygens (including phenoxy) is 2. The molecule has 6 N–H and O–H groups in total. The number of methoxy groups -OCH3 is 1. The van der Waals surface area contributed by atoms with Gasteiger partial charge >= 0.3 is 18.4 Å². The summed E-state index contributed by atoms with van der Waals surface area (Å²) in [5.74, 6) is 2.41. The predicted molar refractivity (Wildman–Crippen MR) is 263 cm³/mol. The fraction of sp³-hybridized carbons (Fsp3) is 0.481. The van der Waals surface area contributed by atoms with Gasteiger partial charge in [0, 0.05) is 79.1 Å². The van der Waals surface area contributed by atoms with Crippen molar-refractivity contribution in [2.75, 3.05) is 44.9 Å². The number of hydrazine groups is 1. The summed E-state index contributed by atoms with van der Waals surface area (Å²) in [5.41, 5.74) is -0.577. The minimum atomic E-state index is -5.06. The highest BCUT2D eigenvalue weighted by atomic mass is 19.4. The van der Waals surface area contributed by atoms with Gasteiger partial charge in [0.15, 0.2) is 5.82 Å². The first-order chi connectivity index (χ1) is 35.4. The van der Waals surface area contributed by atoms with Gasteiger partial charge < -0.3 is 40.5 Å². The zero-order valence-corrected chi connectivity index (χ0v) is 42.3. The number of carboxylic acid groups (broad SMARTS) is 1. The number of alkyl halides is 3. The van der Waals surface area contributed by atoms with Crippen LogP contribution in [0.5, 0.6) is 0 Å². The third-order valence-electron chi connectivity index (χ3n) is 13.8. The van der Waals surface area contributed by atoms with E-state index in [9.17, 15) is 42.6 Å². The van der Waals surface area contributed by atoms with Gasteiger partial charge in [0.25, 0.3) is 5.91 Å². The van der Waals surface area contributed by atoms with Crippen LogP contribution in [0.4, 0.5) is 37.4 Å². The molecule has 75 heavy (non-hydrogen) atoms. The lowest BCUT2D eigenvalue weighted by molar-refractivity contribution is -0.220. The topological polar surface area (TPSA) is 224 Å². The van der Waals surface area contributed by atoms with Crippen molar-refractivity contribution in [3.63, 3.8) is 0 Å². The first-order valence-corrected chi connectivity index (χ1v) is 24.3. The molecule has 0 saturated carbocycles. The Hall–Kier alpha value is -7.00. The number of aliphatic hydroxyl groups is 1. The number of aliphatic hydroxyl groups excluding tert-OH is 1. The quantitative estimate of drug-likeness (QED) is 0.0456. The van der Waals surface area contributed by atoms with E-state index in [1.54, 1.807) is 51.2 Å². The minimum Gasteiger partial charge on any atom is -0.465 e. The molecule has 2 bridgehead atoms. The van der Waals surface area contributed by atoms with E-state index in [1.165, 1.54) is 18.5 Å². The SMILES string of the molecule is COC(=O)N[C@H](C(=O)N[C@@H](Cc1ccc(C#Cc2ccc(N3CC4CCC(C3)N4C3COC3)nc2)cc1)[C@@H](O)CN(Cc1c(F)cc(-c2ncccn2)cc1F)NC(=O)[C@@H](NC(=O)O)C(C)(C)C)C(C)(C)C(F)(F)F. The summed E-state index contributed by atoms with van der Waals surface area (Å²) in [4.78, 5) is 69.8. The number of rotatable bonds is 17. The number of carbonyl (C=O) groups excluding carboxylic acids is 3. The molecule has 2 unspecified atom stereocenters. The molecule has 0 aliphatic carbocycles. The van der Waals surface area contributed by atoms with Gasteiger partial charge in [-0.25, -0.2) is 38.3 Å². The van der Waals surface area contributed by atoms with Crippen molar-refractivity contribution in [3.8, 4) is 23.2 Å². The van der Waals surface area contributed by atoms with Crippen molar-refractivity contribution in [2.45, 2.75) is 109 Å². The predicted octanol–water partition coefficient (Wildman–Crippen LogP) is 5.19. The van der Waals surface area contributed by atoms with Crippen molar-refractivity contribution < 1.29 is 60.8 Å². The van der Waals surface area contributed by atoms with Crippen molar-refractivity contribution in [1.82, 2.24) is 46.2 Å².